The summed E-state index contributed by atoms with van der Waals surface area (Å²) in [5, 5.41) is 13.0. The lowest BCUT2D eigenvalue weighted by atomic mass is 10.1. The van der Waals surface area contributed by atoms with Gasteiger partial charge in [0.1, 0.15) is 6.07 Å². The van der Waals surface area contributed by atoms with Gasteiger partial charge in [0.15, 0.2) is 0 Å². The number of halogens is 1. The van der Waals surface area contributed by atoms with E-state index in [1.165, 1.54) is 25.7 Å². The lowest BCUT2D eigenvalue weighted by molar-refractivity contribution is 0.755. The summed E-state index contributed by atoms with van der Waals surface area (Å²) in [5.41, 5.74) is 1.54. The molecule has 0 atom stereocenters. The highest BCUT2D eigenvalue weighted by Gasteiger charge is 2.15. The SMILES string of the molecule is N#Cc1cc(Cl)ccc1NC1CCCC1. The number of anilines is 1. The molecule has 2 rings (SSSR count). The second-order valence-electron chi connectivity index (χ2n) is 3.93. The van der Waals surface area contributed by atoms with Gasteiger partial charge in [-0.2, -0.15) is 5.26 Å². The second kappa shape index (κ2) is 4.55. The van der Waals surface area contributed by atoms with Gasteiger partial charge in [-0.05, 0) is 31.0 Å². The van der Waals surface area contributed by atoms with Crippen LogP contribution in [0.1, 0.15) is 31.2 Å². The third kappa shape index (κ3) is 2.43. The van der Waals surface area contributed by atoms with Gasteiger partial charge in [-0.15, -0.1) is 0 Å². The first kappa shape index (κ1) is 10.3. The third-order valence-electron chi connectivity index (χ3n) is 2.82. The van der Waals surface area contributed by atoms with Crippen LogP contribution < -0.4 is 5.32 Å². The molecular formula is C12H13ClN2. The third-order valence-corrected chi connectivity index (χ3v) is 3.05. The summed E-state index contributed by atoms with van der Waals surface area (Å²) < 4.78 is 0. The fraction of sp³-hybridized carbons (Fsp3) is 0.417. The number of hydrogen-bond donors (Lipinski definition) is 1. The fourth-order valence-corrected chi connectivity index (χ4v) is 2.20. The zero-order valence-electron chi connectivity index (χ0n) is 8.46. The number of nitrogens with one attached hydrogen (secondary N) is 1. The Balaban J connectivity index is 2.16. The van der Waals surface area contributed by atoms with Gasteiger partial charge in [-0.1, -0.05) is 24.4 Å². The molecule has 0 saturated heterocycles. The van der Waals surface area contributed by atoms with Gasteiger partial charge in [0.2, 0.25) is 0 Å². The number of nitriles is 1. The topological polar surface area (TPSA) is 35.8 Å². The largest absolute Gasteiger partial charge is 0.381 e. The van der Waals surface area contributed by atoms with Crippen LogP contribution in [0.3, 0.4) is 0 Å². The summed E-state index contributed by atoms with van der Waals surface area (Å²) in [6.45, 7) is 0. The van der Waals surface area contributed by atoms with Gasteiger partial charge in [-0.3, -0.25) is 0 Å². The predicted octanol–water partition coefficient (Wildman–Crippen LogP) is 3.57. The smallest absolute Gasteiger partial charge is 0.101 e. The summed E-state index contributed by atoms with van der Waals surface area (Å²) in [5.74, 6) is 0. The minimum atomic E-state index is 0.526. The molecule has 1 aromatic carbocycles. The Bertz CT molecular complexity index is 389. The van der Waals surface area contributed by atoms with Crippen molar-refractivity contribution in [3.63, 3.8) is 0 Å². The van der Waals surface area contributed by atoms with Gasteiger partial charge in [-0.25, -0.2) is 0 Å². The van der Waals surface area contributed by atoms with Crippen molar-refractivity contribution in [2.75, 3.05) is 5.32 Å². The van der Waals surface area contributed by atoms with Crippen LogP contribution in [-0.4, -0.2) is 6.04 Å². The molecule has 1 N–H and O–H groups in total. The Kier molecular flexibility index (Phi) is 3.13. The van der Waals surface area contributed by atoms with Crippen molar-refractivity contribution in [2.45, 2.75) is 31.7 Å². The molecule has 1 aromatic rings. The van der Waals surface area contributed by atoms with Crippen LogP contribution in [0.2, 0.25) is 5.02 Å². The maximum absolute atomic E-state index is 8.97. The summed E-state index contributed by atoms with van der Waals surface area (Å²) >= 11 is 5.83. The molecule has 1 saturated carbocycles. The summed E-state index contributed by atoms with van der Waals surface area (Å²) in [4.78, 5) is 0. The molecule has 78 valence electrons. The average Bonchev–Trinajstić information content (AvgIpc) is 2.73. The van der Waals surface area contributed by atoms with E-state index in [0.29, 0.717) is 16.6 Å². The highest BCUT2D eigenvalue weighted by molar-refractivity contribution is 6.30. The molecule has 1 aliphatic carbocycles. The van der Waals surface area contributed by atoms with Crippen molar-refractivity contribution in [1.29, 1.82) is 5.26 Å². The molecule has 0 bridgehead atoms. The molecule has 0 aliphatic heterocycles. The second-order valence-corrected chi connectivity index (χ2v) is 4.36. The van der Waals surface area contributed by atoms with Gasteiger partial charge in [0, 0.05) is 11.1 Å². The number of nitrogens with zero attached hydrogens (tertiary/aromatic N) is 1. The molecule has 15 heavy (non-hydrogen) atoms. The van der Waals surface area contributed by atoms with Gasteiger partial charge >= 0.3 is 0 Å². The Hall–Kier alpha value is -1.20. The Labute approximate surface area is 94.9 Å². The molecule has 1 fully saturated rings. The Morgan fingerprint density at radius 2 is 2.07 bits per heavy atom. The lowest BCUT2D eigenvalue weighted by Gasteiger charge is -2.14. The van der Waals surface area contributed by atoms with Crippen LogP contribution in [0.15, 0.2) is 18.2 Å². The van der Waals surface area contributed by atoms with Crippen molar-refractivity contribution in [3.8, 4) is 6.07 Å². The molecule has 0 unspecified atom stereocenters. The van der Waals surface area contributed by atoms with Crippen molar-refractivity contribution in [3.05, 3.63) is 28.8 Å². The molecule has 0 heterocycles. The van der Waals surface area contributed by atoms with E-state index in [4.69, 9.17) is 16.9 Å². The molecule has 0 spiro atoms. The van der Waals surface area contributed by atoms with Crippen LogP contribution in [0.4, 0.5) is 5.69 Å². The van der Waals surface area contributed by atoms with E-state index in [1.807, 2.05) is 12.1 Å². The predicted molar refractivity (Wildman–Crippen MR) is 62.0 cm³/mol. The summed E-state index contributed by atoms with van der Waals surface area (Å²) in [7, 11) is 0. The van der Waals surface area contributed by atoms with Crippen molar-refractivity contribution < 1.29 is 0 Å². The van der Waals surface area contributed by atoms with Crippen LogP contribution >= 0.6 is 11.6 Å². The highest BCUT2D eigenvalue weighted by atomic mass is 35.5. The maximum Gasteiger partial charge on any atom is 0.101 e. The van der Waals surface area contributed by atoms with Gasteiger partial charge < -0.3 is 5.32 Å². The molecular weight excluding hydrogens is 208 g/mol. The monoisotopic (exact) mass is 220 g/mol. The van der Waals surface area contributed by atoms with Gasteiger partial charge in [0.05, 0.1) is 11.3 Å². The standard InChI is InChI=1S/C12H13ClN2/c13-10-5-6-12(9(7-10)8-14)15-11-3-1-2-4-11/h5-7,11,15H,1-4H2. The van der Waals surface area contributed by atoms with Gasteiger partial charge in [0.25, 0.3) is 0 Å². The Morgan fingerprint density at radius 3 is 2.73 bits per heavy atom. The molecule has 0 amide bonds. The van der Waals surface area contributed by atoms with E-state index in [-0.39, 0.29) is 0 Å². The normalized spacial score (nSPS) is 16.3. The fourth-order valence-electron chi connectivity index (χ4n) is 2.02. The van der Waals surface area contributed by atoms with E-state index < -0.39 is 0 Å². The molecule has 0 radical (unpaired) electrons. The molecule has 2 nitrogen and oxygen atoms in total. The minimum absolute atomic E-state index is 0.526. The average molecular weight is 221 g/mol. The van der Waals surface area contributed by atoms with Crippen LogP contribution in [0, 0.1) is 11.3 Å². The van der Waals surface area contributed by atoms with Crippen LogP contribution in [0.25, 0.3) is 0 Å². The minimum Gasteiger partial charge on any atom is -0.381 e. The summed E-state index contributed by atoms with van der Waals surface area (Å²) in [6.07, 6.45) is 4.97. The van der Waals surface area contributed by atoms with Crippen molar-refractivity contribution >= 4 is 17.3 Å². The van der Waals surface area contributed by atoms with E-state index in [0.717, 1.165) is 5.69 Å². The zero-order valence-corrected chi connectivity index (χ0v) is 9.22. The van der Waals surface area contributed by atoms with E-state index >= 15 is 0 Å². The van der Waals surface area contributed by atoms with E-state index in [1.54, 1.807) is 6.07 Å². The number of hydrogen-bond acceptors (Lipinski definition) is 2. The Morgan fingerprint density at radius 1 is 1.33 bits per heavy atom. The first-order valence-electron chi connectivity index (χ1n) is 5.26. The molecule has 3 heteroatoms. The highest BCUT2D eigenvalue weighted by Crippen LogP contribution is 2.25. The van der Waals surface area contributed by atoms with Crippen molar-refractivity contribution in [2.24, 2.45) is 0 Å². The van der Waals surface area contributed by atoms with Crippen LogP contribution in [-0.2, 0) is 0 Å². The van der Waals surface area contributed by atoms with E-state index in [2.05, 4.69) is 11.4 Å². The first-order chi connectivity index (χ1) is 7.29. The summed E-state index contributed by atoms with van der Waals surface area (Å²) in [6, 6.07) is 8.10. The quantitative estimate of drug-likeness (QED) is 0.827. The van der Waals surface area contributed by atoms with E-state index in [9.17, 15) is 0 Å². The van der Waals surface area contributed by atoms with Crippen molar-refractivity contribution in [1.82, 2.24) is 0 Å². The zero-order chi connectivity index (χ0) is 10.7. The van der Waals surface area contributed by atoms with Crippen LogP contribution in [0.5, 0.6) is 0 Å². The number of rotatable bonds is 2. The lowest BCUT2D eigenvalue weighted by Crippen LogP contribution is -2.15. The number of benzene rings is 1. The molecule has 1 aliphatic rings. The first-order valence-corrected chi connectivity index (χ1v) is 5.63. The molecule has 0 aromatic heterocycles. The maximum atomic E-state index is 8.97.